The molecule has 1 aromatic heterocycles. The van der Waals surface area contributed by atoms with Gasteiger partial charge < -0.3 is 21.3 Å². The van der Waals surface area contributed by atoms with Crippen molar-refractivity contribution >= 4 is 46.5 Å². The molecule has 4 N–H and O–H groups in total. The van der Waals surface area contributed by atoms with Gasteiger partial charge in [-0.2, -0.15) is 0 Å². The van der Waals surface area contributed by atoms with Gasteiger partial charge in [0.15, 0.2) is 11.8 Å². The van der Waals surface area contributed by atoms with Crippen LogP contribution >= 0.6 is 23.2 Å². The molecule has 2 aromatic carbocycles. The molecule has 0 spiro atoms. The van der Waals surface area contributed by atoms with Crippen molar-refractivity contribution in [3.8, 4) is 11.3 Å². The summed E-state index contributed by atoms with van der Waals surface area (Å²) in [6.07, 6.45) is 1.68. The number of nitrogen functional groups attached to an aromatic ring is 1. The van der Waals surface area contributed by atoms with Gasteiger partial charge in [0, 0.05) is 31.7 Å². The highest BCUT2D eigenvalue weighted by molar-refractivity contribution is 6.43. The summed E-state index contributed by atoms with van der Waals surface area (Å²) in [6.45, 7) is 2.65. The largest absolute Gasteiger partial charge is 0.382 e. The zero-order valence-corrected chi connectivity index (χ0v) is 18.0. The summed E-state index contributed by atoms with van der Waals surface area (Å²) in [6, 6.07) is 11.2. The second-order valence-electron chi connectivity index (χ2n) is 6.98. The molecule has 1 fully saturated rings. The summed E-state index contributed by atoms with van der Waals surface area (Å²) in [4.78, 5) is 17.4. The van der Waals surface area contributed by atoms with Crippen LogP contribution in [0.25, 0.3) is 11.3 Å². The van der Waals surface area contributed by atoms with E-state index in [0.717, 1.165) is 0 Å². The van der Waals surface area contributed by atoms with Crippen molar-refractivity contribution in [3.05, 3.63) is 64.5 Å². The van der Waals surface area contributed by atoms with E-state index in [1.54, 1.807) is 36.5 Å². The van der Waals surface area contributed by atoms with Crippen molar-refractivity contribution in [2.45, 2.75) is 0 Å². The van der Waals surface area contributed by atoms with Crippen molar-refractivity contribution in [1.29, 1.82) is 0 Å². The van der Waals surface area contributed by atoms with Gasteiger partial charge in [0.2, 0.25) is 0 Å². The Morgan fingerprint density at radius 3 is 2.42 bits per heavy atom. The van der Waals surface area contributed by atoms with Gasteiger partial charge in [-0.1, -0.05) is 35.3 Å². The Balaban J connectivity index is 1.45. The van der Waals surface area contributed by atoms with E-state index in [4.69, 9.17) is 34.7 Å². The predicted octanol–water partition coefficient (Wildman–Crippen LogP) is 3.94. The molecule has 0 unspecified atom stereocenters. The van der Waals surface area contributed by atoms with Crippen LogP contribution in [0.15, 0.2) is 53.7 Å². The van der Waals surface area contributed by atoms with Gasteiger partial charge in [-0.3, -0.25) is 0 Å². The molecule has 0 bridgehead atoms. The quantitative estimate of drug-likeness (QED) is 0.454. The predicted molar refractivity (Wildman–Crippen MR) is 123 cm³/mol. The lowest BCUT2D eigenvalue weighted by Crippen LogP contribution is -2.51. The summed E-state index contributed by atoms with van der Waals surface area (Å²) in [7, 11) is 0. The number of aromatic nitrogens is 2. The average Bonchev–Trinajstić information content (AvgIpc) is 2.77. The standard InChI is InChI=1S/C21H20Cl2FN7/c22-16-3-1-2-15(18(16)23)19-20(25)29-17(12-27-19)30-8-10-31(11-9-30)21(26)28-14-6-4-13(24)5-7-14/h1-7,12H,8-11H2,(H2,25,29)(H2,26,28). The SMILES string of the molecule is NC(=Nc1ccc(F)cc1)N1CCN(c2cnc(-c3cccc(Cl)c3Cl)c(N)n2)CC1. The summed E-state index contributed by atoms with van der Waals surface area (Å²) < 4.78 is 13.0. The third kappa shape index (κ3) is 4.65. The summed E-state index contributed by atoms with van der Waals surface area (Å²) >= 11 is 12.4. The van der Waals surface area contributed by atoms with Crippen LogP contribution in [0, 0.1) is 5.82 Å². The minimum Gasteiger partial charge on any atom is -0.382 e. The lowest BCUT2D eigenvalue weighted by atomic mass is 10.1. The van der Waals surface area contributed by atoms with E-state index < -0.39 is 0 Å². The van der Waals surface area contributed by atoms with E-state index in [-0.39, 0.29) is 11.6 Å². The first-order chi connectivity index (χ1) is 14.9. The van der Waals surface area contributed by atoms with Crippen molar-refractivity contribution in [2.24, 2.45) is 10.7 Å². The van der Waals surface area contributed by atoms with Crippen LogP contribution in [0.1, 0.15) is 0 Å². The molecular weight excluding hydrogens is 440 g/mol. The molecule has 10 heteroatoms. The van der Waals surface area contributed by atoms with E-state index in [1.165, 1.54) is 12.1 Å². The Kier molecular flexibility index (Phi) is 6.11. The van der Waals surface area contributed by atoms with E-state index in [0.29, 0.717) is 64.9 Å². The Morgan fingerprint density at radius 1 is 1.03 bits per heavy atom. The number of halogens is 3. The molecule has 3 aromatic rings. The van der Waals surface area contributed by atoms with Crippen LogP contribution in [0.5, 0.6) is 0 Å². The molecule has 1 aliphatic heterocycles. The number of benzene rings is 2. The van der Waals surface area contributed by atoms with Gasteiger partial charge in [-0.05, 0) is 30.3 Å². The molecule has 0 saturated carbocycles. The molecule has 0 radical (unpaired) electrons. The molecule has 31 heavy (non-hydrogen) atoms. The highest BCUT2D eigenvalue weighted by Gasteiger charge is 2.21. The number of nitrogens with two attached hydrogens (primary N) is 2. The molecule has 0 amide bonds. The van der Waals surface area contributed by atoms with Crippen LogP contribution in [0.4, 0.5) is 21.7 Å². The van der Waals surface area contributed by atoms with E-state index in [9.17, 15) is 4.39 Å². The summed E-state index contributed by atoms with van der Waals surface area (Å²) in [5.41, 5.74) is 14.0. The fourth-order valence-corrected chi connectivity index (χ4v) is 3.71. The topological polar surface area (TPSA) is 96.7 Å². The van der Waals surface area contributed by atoms with Gasteiger partial charge in [0.1, 0.15) is 17.3 Å². The third-order valence-electron chi connectivity index (χ3n) is 4.99. The van der Waals surface area contributed by atoms with Crippen LogP contribution in [0.2, 0.25) is 10.0 Å². The fraction of sp³-hybridized carbons (Fsp3) is 0.190. The fourth-order valence-electron chi connectivity index (χ4n) is 3.32. The molecule has 1 saturated heterocycles. The van der Waals surface area contributed by atoms with Gasteiger partial charge >= 0.3 is 0 Å². The van der Waals surface area contributed by atoms with Crippen molar-refractivity contribution < 1.29 is 4.39 Å². The van der Waals surface area contributed by atoms with Gasteiger partial charge in [0.25, 0.3) is 0 Å². The molecular formula is C21H20Cl2FN7. The number of piperazine rings is 1. The zero-order valence-electron chi connectivity index (χ0n) is 16.5. The Bertz CT molecular complexity index is 1110. The van der Waals surface area contributed by atoms with Crippen LogP contribution < -0.4 is 16.4 Å². The van der Waals surface area contributed by atoms with Gasteiger partial charge in [0.05, 0.1) is 21.9 Å². The maximum Gasteiger partial charge on any atom is 0.196 e. The number of hydrogen-bond donors (Lipinski definition) is 2. The lowest BCUT2D eigenvalue weighted by Gasteiger charge is -2.35. The van der Waals surface area contributed by atoms with Gasteiger partial charge in [-0.25, -0.2) is 19.4 Å². The lowest BCUT2D eigenvalue weighted by molar-refractivity contribution is 0.381. The highest BCUT2D eigenvalue weighted by atomic mass is 35.5. The molecule has 1 aliphatic rings. The molecule has 0 aliphatic carbocycles. The van der Waals surface area contributed by atoms with E-state index >= 15 is 0 Å². The van der Waals surface area contributed by atoms with Gasteiger partial charge in [-0.15, -0.1) is 0 Å². The first-order valence-electron chi connectivity index (χ1n) is 9.59. The molecule has 2 heterocycles. The smallest absolute Gasteiger partial charge is 0.196 e. The third-order valence-corrected chi connectivity index (χ3v) is 5.81. The van der Waals surface area contributed by atoms with Crippen molar-refractivity contribution in [3.63, 3.8) is 0 Å². The van der Waals surface area contributed by atoms with Crippen molar-refractivity contribution in [1.82, 2.24) is 14.9 Å². The average molecular weight is 460 g/mol. The second-order valence-corrected chi connectivity index (χ2v) is 7.77. The van der Waals surface area contributed by atoms with Crippen molar-refractivity contribution in [2.75, 3.05) is 36.8 Å². The number of anilines is 2. The van der Waals surface area contributed by atoms with E-state index in [1.807, 2.05) is 4.90 Å². The number of nitrogens with zero attached hydrogens (tertiary/aromatic N) is 5. The number of guanidine groups is 1. The van der Waals surface area contributed by atoms with Crippen LogP contribution in [-0.4, -0.2) is 47.0 Å². The molecule has 160 valence electrons. The molecule has 0 atom stereocenters. The maximum atomic E-state index is 13.0. The number of rotatable bonds is 3. The first kappa shape index (κ1) is 21.1. The second kappa shape index (κ2) is 8.95. The normalized spacial score (nSPS) is 14.7. The minimum atomic E-state index is -0.310. The van der Waals surface area contributed by atoms with Crippen LogP contribution in [-0.2, 0) is 0 Å². The number of aliphatic imine (C=N–C) groups is 1. The Hall–Kier alpha value is -3.10. The number of hydrogen-bond acceptors (Lipinski definition) is 5. The first-order valence-corrected chi connectivity index (χ1v) is 10.3. The Morgan fingerprint density at radius 2 is 1.74 bits per heavy atom. The minimum absolute atomic E-state index is 0.279. The molecule has 7 nitrogen and oxygen atoms in total. The Labute approximate surface area is 189 Å². The molecule has 4 rings (SSSR count). The summed E-state index contributed by atoms with van der Waals surface area (Å²) in [5, 5.41) is 0.822. The summed E-state index contributed by atoms with van der Waals surface area (Å²) in [5.74, 6) is 1.03. The zero-order chi connectivity index (χ0) is 22.0. The van der Waals surface area contributed by atoms with Crippen LogP contribution in [0.3, 0.4) is 0 Å². The highest BCUT2D eigenvalue weighted by Crippen LogP contribution is 2.35. The van der Waals surface area contributed by atoms with E-state index in [2.05, 4.69) is 19.9 Å². The maximum absolute atomic E-state index is 13.0. The monoisotopic (exact) mass is 459 g/mol.